The first kappa shape index (κ1) is 15.2. The van der Waals surface area contributed by atoms with E-state index in [0.29, 0.717) is 42.7 Å². The zero-order valence-electron chi connectivity index (χ0n) is 11.7. The van der Waals surface area contributed by atoms with Crippen LogP contribution in [0.15, 0.2) is 21.6 Å². The van der Waals surface area contributed by atoms with Crippen LogP contribution in [0.25, 0.3) is 0 Å². The Hall–Kier alpha value is -0.700. The average molecular weight is 332 g/mol. The van der Waals surface area contributed by atoms with E-state index in [1.165, 1.54) is 18.9 Å². The van der Waals surface area contributed by atoms with Crippen molar-refractivity contribution in [2.45, 2.75) is 49.4 Å². The Labute approximate surface area is 127 Å². The maximum absolute atomic E-state index is 12.2. The van der Waals surface area contributed by atoms with E-state index in [0.717, 1.165) is 0 Å². The molecule has 1 aromatic rings. The Kier molecular flexibility index (Phi) is 4.49. The number of nitrogens with one attached hydrogen (secondary N) is 2. The van der Waals surface area contributed by atoms with Crippen molar-refractivity contribution in [2.24, 2.45) is 0 Å². The maximum Gasteiger partial charge on any atom is 0.274 e. The van der Waals surface area contributed by atoms with E-state index in [1.54, 1.807) is 6.07 Å². The van der Waals surface area contributed by atoms with Gasteiger partial charge in [-0.15, -0.1) is 0 Å². The zero-order chi connectivity index (χ0) is 14.9. The molecule has 1 saturated heterocycles. The van der Waals surface area contributed by atoms with Gasteiger partial charge in [0.1, 0.15) is 5.76 Å². The minimum atomic E-state index is -3.62. The van der Waals surface area contributed by atoms with Crippen molar-refractivity contribution in [3.8, 4) is 0 Å². The van der Waals surface area contributed by atoms with Crippen LogP contribution in [0.2, 0.25) is 0 Å². The minimum absolute atomic E-state index is 0.0400. The Bertz CT molecular complexity index is 612. The van der Waals surface area contributed by atoms with E-state index in [4.69, 9.17) is 4.42 Å². The highest BCUT2D eigenvalue weighted by Crippen LogP contribution is 2.21. The number of furan rings is 1. The predicted octanol–water partition coefficient (Wildman–Crippen LogP) is 0.721. The second kappa shape index (κ2) is 6.20. The molecule has 2 aliphatic rings. The van der Waals surface area contributed by atoms with Gasteiger partial charge in [0.15, 0.2) is 0 Å². The maximum atomic E-state index is 12.2. The summed E-state index contributed by atoms with van der Waals surface area (Å²) in [6.07, 6.45) is 3.58. The molecule has 6 nitrogen and oxygen atoms in total. The van der Waals surface area contributed by atoms with Crippen molar-refractivity contribution >= 4 is 20.8 Å². The third-order valence-electron chi connectivity index (χ3n) is 3.75. The van der Waals surface area contributed by atoms with Crippen LogP contribution in [0.3, 0.4) is 0 Å². The van der Waals surface area contributed by atoms with Crippen molar-refractivity contribution in [3.63, 3.8) is 0 Å². The van der Waals surface area contributed by atoms with Crippen LogP contribution in [-0.2, 0) is 27.4 Å². The molecule has 2 N–H and O–H groups in total. The van der Waals surface area contributed by atoms with Gasteiger partial charge < -0.3 is 9.73 Å². The van der Waals surface area contributed by atoms with E-state index in [2.05, 4.69) is 10.0 Å². The van der Waals surface area contributed by atoms with E-state index in [1.807, 2.05) is 0 Å². The summed E-state index contributed by atoms with van der Waals surface area (Å²) >= 11 is 0. The first-order chi connectivity index (χ1) is 10.0. The number of hydrogen-bond donors (Lipinski definition) is 2. The van der Waals surface area contributed by atoms with Crippen molar-refractivity contribution in [1.29, 1.82) is 0 Å². The highest BCUT2D eigenvalue weighted by molar-refractivity contribution is 7.89. The van der Waals surface area contributed by atoms with Gasteiger partial charge in [-0.2, -0.15) is 0 Å². The molecule has 0 radical (unpaired) electrons. The molecule has 1 aromatic heterocycles. The lowest BCUT2D eigenvalue weighted by Gasteiger charge is -2.21. The summed E-state index contributed by atoms with van der Waals surface area (Å²) in [6.45, 7) is 0.558. The van der Waals surface area contributed by atoms with Gasteiger partial charge in [-0.25, -0.2) is 13.1 Å². The molecule has 1 saturated carbocycles. The standard InChI is InChI=1S/C13H20N2O4S2/c16-20-7-5-11(6-8-20)15-21(17,18)13-4-3-12(19-13)9-14-10-1-2-10/h3-4,10-11,14-15H,1-2,5-9H2. The highest BCUT2D eigenvalue weighted by Gasteiger charge is 2.26. The molecule has 2 fully saturated rings. The van der Waals surface area contributed by atoms with Crippen LogP contribution >= 0.6 is 0 Å². The molecular weight excluding hydrogens is 312 g/mol. The lowest BCUT2D eigenvalue weighted by atomic mass is 10.2. The normalized spacial score (nSPS) is 26.9. The molecule has 1 aliphatic heterocycles. The van der Waals surface area contributed by atoms with Crippen LogP contribution in [0.5, 0.6) is 0 Å². The first-order valence-electron chi connectivity index (χ1n) is 7.22. The Balaban J connectivity index is 1.59. The van der Waals surface area contributed by atoms with E-state index >= 15 is 0 Å². The van der Waals surface area contributed by atoms with E-state index in [-0.39, 0.29) is 11.1 Å². The summed E-state index contributed by atoms with van der Waals surface area (Å²) in [6, 6.07) is 3.59. The molecule has 0 aromatic carbocycles. The Morgan fingerprint density at radius 2 is 1.86 bits per heavy atom. The predicted molar refractivity (Wildman–Crippen MR) is 79.8 cm³/mol. The Morgan fingerprint density at radius 1 is 1.14 bits per heavy atom. The molecule has 2 heterocycles. The van der Waals surface area contributed by atoms with Crippen molar-refractivity contribution in [2.75, 3.05) is 11.5 Å². The molecule has 21 heavy (non-hydrogen) atoms. The van der Waals surface area contributed by atoms with Crippen LogP contribution in [-0.4, -0.2) is 36.2 Å². The lowest BCUT2D eigenvalue weighted by Crippen LogP contribution is -2.39. The molecule has 0 spiro atoms. The first-order valence-corrected chi connectivity index (χ1v) is 10.2. The van der Waals surface area contributed by atoms with Crippen molar-refractivity contribution in [3.05, 3.63) is 17.9 Å². The topological polar surface area (TPSA) is 88.4 Å². The lowest BCUT2D eigenvalue weighted by molar-refractivity contribution is 0.396. The second-order valence-electron chi connectivity index (χ2n) is 5.62. The number of sulfonamides is 1. The third-order valence-corrected chi connectivity index (χ3v) is 6.53. The van der Waals surface area contributed by atoms with Gasteiger partial charge >= 0.3 is 0 Å². The van der Waals surface area contributed by atoms with Crippen LogP contribution in [0.1, 0.15) is 31.4 Å². The summed E-state index contributed by atoms with van der Waals surface area (Å²) in [5, 5.41) is 3.24. The molecule has 0 bridgehead atoms. The summed E-state index contributed by atoms with van der Waals surface area (Å²) in [7, 11) is -4.42. The molecular formula is C13H20N2O4S2. The van der Waals surface area contributed by atoms with Gasteiger partial charge in [0.25, 0.3) is 10.0 Å². The fraction of sp³-hybridized carbons (Fsp3) is 0.692. The van der Waals surface area contributed by atoms with Gasteiger partial charge in [-0.3, -0.25) is 4.21 Å². The van der Waals surface area contributed by atoms with Gasteiger partial charge in [0.05, 0.1) is 6.54 Å². The highest BCUT2D eigenvalue weighted by atomic mass is 32.2. The molecule has 3 rings (SSSR count). The molecule has 0 amide bonds. The van der Waals surface area contributed by atoms with Gasteiger partial charge in [-0.1, -0.05) is 0 Å². The summed E-state index contributed by atoms with van der Waals surface area (Å²) in [5.41, 5.74) is 0. The van der Waals surface area contributed by atoms with E-state index < -0.39 is 20.8 Å². The largest absolute Gasteiger partial charge is 0.447 e. The number of rotatable bonds is 6. The monoisotopic (exact) mass is 332 g/mol. The van der Waals surface area contributed by atoms with Crippen LogP contribution in [0, 0.1) is 0 Å². The zero-order valence-corrected chi connectivity index (χ0v) is 13.3. The summed E-state index contributed by atoms with van der Waals surface area (Å²) < 4.78 is 43.8. The smallest absolute Gasteiger partial charge is 0.274 e. The van der Waals surface area contributed by atoms with Gasteiger partial charge in [0.2, 0.25) is 5.09 Å². The molecule has 0 unspecified atom stereocenters. The van der Waals surface area contributed by atoms with Gasteiger partial charge in [0, 0.05) is 34.4 Å². The fourth-order valence-electron chi connectivity index (χ4n) is 2.32. The Morgan fingerprint density at radius 3 is 2.52 bits per heavy atom. The third kappa shape index (κ3) is 4.15. The average Bonchev–Trinajstić information content (AvgIpc) is 3.15. The molecule has 0 atom stereocenters. The second-order valence-corrected chi connectivity index (χ2v) is 8.96. The molecule has 118 valence electrons. The van der Waals surface area contributed by atoms with Crippen molar-refractivity contribution < 1.29 is 17.0 Å². The van der Waals surface area contributed by atoms with Crippen LogP contribution in [0.4, 0.5) is 0 Å². The number of hydrogen-bond acceptors (Lipinski definition) is 5. The van der Waals surface area contributed by atoms with Crippen LogP contribution < -0.4 is 10.0 Å². The SMILES string of the molecule is O=S1CCC(NS(=O)(=O)c2ccc(CNC3CC3)o2)CC1. The van der Waals surface area contributed by atoms with E-state index in [9.17, 15) is 12.6 Å². The van der Waals surface area contributed by atoms with Gasteiger partial charge in [-0.05, 0) is 37.8 Å². The quantitative estimate of drug-likeness (QED) is 0.801. The minimum Gasteiger partial charge on any atom is -0.447 e. The molecule has 8 heteroatoms. The summed E-state index contributed by atoms with van der Waals surface area (Å²) in [5.74, 6) is 1.75. The fourth-order valence-corrected chi connectivity index (χ4v) is 4.87. The van der Waals surface area contributed by atoms with Crippen molar-refractivity contribution in [1.82, 2.24) is 10.0 Å². The molecule has 1 aliphatic carbocycles. The summed E-state index contributed by atoms with van der Waals surface area (Å²) in [4.78, 5) is 0.